The fraction of sp³-hybridized carbons (Fsp3) is 0.556. The largest absolute Gasteiger partial charge is 0.872 e. The standard InChI is InChI=1S/C54H73N3O7/c1-3-5-7-12-35-17-18-39(48(60)28-35)15-10-11-16-40-19-20-42(45-27-37(25-36-22-24-56-50(55)29-36)33-54(45,64)23-21-47(59)51(40)53(62)63)46-30-38(4-2)52(57-46)44-31-41(58)32-49(61)43(44)26-34-13-8-6-9-14-34/h6,8-9,13-14,17-18,22,24,29-32,35,37,39-40,42,45,47-48,51,57-61,64H,3-5,7,10-12,15-16,19-21,23,25-28,33H2,1-2H3,(H2,55,56)(H,62,63)/p-1. The number of anilines is 1. The van der Waals surface area contributed by atoms with E-state index in [-0.39, 0.29) is 60.0 Å². The van der Waals surface area contributed by atoms with Crippen molar-refractivity contribution < 1.29 is 35.4 Å². The molecule has 8 N–H and O–H groups in total. The Morgan fingerprint density at radius 3 is 2.42 bits per heavy atom. The summed E-state index contributed by atoms with van der Waals surface area (Å²) < 4.78 is 0. The molecule has 2 aromatic carbocycles. The molecule has 4 aromatic rings. The van der Waals surface area contributed by atoms with E-state index in [2.05, 4.69) is 42.0 Å². The summed E-state index contributed by atoms with van der Waals surface area (Å²) in [6, 6.07) is 18.8. The van der Waals surface area contributed by atoms with E-state index < -0.39 is 23.6 Å². The van der Waals surface area contributed by atoms with E-state index in [4.69, 9.17) is 5.73 Å². The highest BCUT2D eigenvalue weighted by molar-refractivity contribution is 5.73. The van der Waals surface area contributed by atoms with Gasteiger partial charge in [0.25, 0.3) is 0 Å². The van der Waals surface area contributed by atoms with Crippen molar-refractivity contribution in [1.82, 2.24) is 9.97 Å². The quantitative estimate of drug-likeness (QED) is 0.0399. The molecule has 64 heavy (non-hydrogen) atoms. The summed E-state index contributed by atoms with van der Waals surface area (Å²) in [5.41, 5.74) is 10.9. The number of nitrogens with one attached hydrogen (secondary N) is 1. The van der Waals surface area contributed by atoms with Gasteiger partial charge in [0, 0.05) is 35.0 Å². The molecule has 0 bridgehead atoms. The number of aryl methyl sites for hydroxylation is 1. The Morgan fingerprint density at radius 1 is 0.906 bits per heavy atom. The number of phenols is 1. The number of nitrogens with zero attached hydrogens (tertiary/aromatic N) is 1. The smallest absolute Gasteiger partial charge is 0.309 e. The van der Waals surface area contributed by atoms with Crippen LogP contribution in [0.25, 0.3) is 11.3 Å². The zero-order valence-corrected chi connectivity index (χ0v) is 38.0. The summed E-state index contributed by atoms with van der Waals surface area (Å²) in [5, 5.41) is 70.9. The number of unbranched alkanes of at least 4 members (excludes halogenated alkanes) is 3. The monoisotopic (exact) mass is 875 g/mol. The molecule has 10 heteroatoms. The highest BCUT2D eigenvalue weighted by Crippen LogP contribution is 2.54. The van der Waals surface area contributed by atoms with Gasteiger partial charge in [-0.1, -0.05) is 88.4 Å². The summed E-state index contributed by atoms with van der Waals surface area (Å²) in [5.74, 6) is -1.89. The van der Waals surface area contributed by atoms with E-state index in [1.807, 2.05) is 42.5 Å². The lowest BCUT2D eigenvalue weighted by Gasteiger charge is -2.40. The molecular weight excluding hydrogens is 803 g/mol. The molecule has 0 aliphatic heterocycles. The van der Waals surface area contributed by atoms with Gasteiger partial charge in [0.2, 0.25) is 0 Å². The first-order valence-electron chi connectivity index (χ1n) is 24.3. The van der Waals surface area contributed by atoms with Crippen LogP contribution in [0.3, 0.4) is 0 Å². The van der Waals surface area contributed by atoms with Gasteiger partial charge in [0.15, 0.2) is 0 Å². The lowest BCUT2D eigenvalue weighted by atomic mass is 9.69. The average molecular weight is 875 g/mol. The molecular formula is C54H72N3O7-. The minimum absolute atomic E-state index is 0.0970. The van der Waals surface area contributed by atoms with Crippen molar-refractivity contribution in [3.63, 3.8) is 0 Å². The highest BCUT2D eigenvalue weighted by atomic mass is 16.4. The summed E-state index contributed by atoms with van der Waals surface area (Å²) in [7, 11) is 0. The number of aliphatic hydroxyl groups is 3. The maximum absolute atomic E-state index is 13.6. The minimum Gasteiger partial charge on any atom is -0.872 e. The second-order valence-electron chi connectivity index (χ2n) is 19.7. The molecule has 0 amide bonds. The number of aromatic hydroxyl groups is 1. The number of hydrogen-bond donors (Lipinski definition) is 7. The number of carboxylic acids is 1. The Hall–Kier alpha value is -4.64. The van der Waals surface area contributed by atoms with Gasteiger partial charge in [-0.3, -0.25) is 4.79 Å². The maximum Gasteiger partial charge on any atom is 0.309 e. The van der Waals surface area contributed by atoms with Crippen molar-refractivity contribution in [2.45, 2.75) is 153 Å². The molecule has 2 fully saturated rings. The number of nitrogens with two attached hydrogens (primary N) is 1. The third-order valence-electron chi connectivity index (χ3n) is 15.3. The molecule has 10 atom stereocenters. The van der Waals surface area contributed by atoms with Crippen LogP contribution in [0.5, 0.6) is 11.5 Å². The molecule has 3 aliphatic rings. The van der Waals surface area contributed by atoms with E-state index in [1.165, 1.54) is 25.3 Å². The Balaban J connectivity index is 1.19. The number of H-pyrrole nitrogens is 1. The van der Waals surface area contributed by atoms with Gasteiger partial charge < -0.3 is 41.4 Å². The number of hydrogen-bond acceptors (Lipinski definition) is 8. The number of nitrogen functional groups attached to an aromatic ring is 1. The SMILES string of the molecule is CCCCCC1C=CC(CCCCC2CCC(c3cc(CC)c(-c4cc(O)cc([O-])c4Cc4ccccc4)[nH]3)C3CC(Cc4ccnc(N)c4)CC3(O)CCC(O)C2C(=O)O)C(O)C1. The molecule has 7 rings (SSSR count). The second kappa shape index (κ2) is 21.6. The highest BCUT2D eigenvalue weighted by Gasteiger charge is 2.51. The minimum atomic E-state index is -1.17. The second-order valence-corrected chi connectivity index (χ2v) is 19.7. The number of aliphatic carboxylic acids is 1. The van der Waals surface area contributed by atoms with Crippen molar-refractivity contribution in [3.8, 4) is 22.8 Å². The predicted octanol–water partition coefficient (Wildman–Crippen LogP) is 9.62. The van der Waals surface area contributed by atoms with E-state index in [0.29, 0.717) is 67.8 Å². The van der Waals surface area contributed by atoms with Crippen LogP contribution in [0.2, 0.25) is 0 Å². The van der Waals surface area contributed by atoms with Gasteiger partial charge in [-0.05, 0) is 160 Å². The molecule has 0 radical (unpaired) electrons. The first kappa shape index (κ1) is 47.3. The van der Waals surface area contributed by atoms with Crippen molar-refractivity contribution in [1.29, 1.82) is 0 Å². The van der Waals surface area contributed by atoms with Crippen molar-refractivity contribution in [2.24, 2.45) is 35.5 Å². The Morgan fingerprint density at radius 2 is 1.69 bits per heavy atom. The zero-order chi connectivity index (χ0) is 45.4. The number of allylic oxidation sites excluding steroid dienone is 1. The maximum atomic E-state index is 13.6. The van der Waals surface area contributed by atoms with Crippen LogP contribution >= 0.6 is 0 Å². The lowest BCUT2D eigenvalue weighted by Crippen LogP contribution is -2.42. The fourth-order valence-corrected chi connectivity index (χ4v) is 12.0. The van der Waals surface area contributed by atoms with Crippen molar-refractivity contribution in [2.75, 3.05) is 5.73 Å². The number of carbonyl (C=O) groups is 1. The summed E-state index contributed by atoms with van der Waals surface area (Å²) >= 11 is 0. The van der Waals surface area contributed by atoms with E-state index in [1.54, 1.807) is 12.3 Å². The van der Waals surface area contributed by atoms with Gasteiger partial charge in [-0.25, -0.2) is 4.98 Å². The number of aromatic amines is 1. The van der Waals surface area contributed by atoms with Crippen LogP contribution in [0.1, 0.15) is 144 Å². The number of carboxylic acid groups (broad SMARTS) is 1. The predicted molar refractivity (Wildman–Crippen MR) is 251 cm³/mol. The first-order chi connectivity index (χ1) is 30.8. The molecule has 3 aliphatic carbocycles. The van der Waals surface area contributed by atoms with E-state index in [0.717, 1.165) is 66.6 Å². The summed E-state index contributed by atoms with van der Waals surface area (Å²) in [4.78, 5) is 21.1. The van der Waals surface area contributed by atoms with Crippen LogP contribution < -0.4 is 10.8 Å². The molecule has 346 valence electrons. The number of phenolic OH excluding ortho intramolecular Hbond substituents is 1. The normalized spacial score (nSPS) is 28.5. The van der Waals surface area contributed by atoms with Gasteiger partial charge in [0.1, 0.15) is 11.6 Å². The Labute approximate surface area is 380 Å². The summed E-state index contributed by atoms with van der Waals surface area (Å²) in [6.45, 7) is 4.28. The van der Waals surface area contributed by atoms with Crippen LogP contribution in [-0.2, 0) is 24.1 Å². The molecule has 0 spiro atoms. The van der Waals surface area contributed by atoms with Gasteiger partial charge >= 0.3 is 5.97 Å². The first-order valence-corrected chi connectivity index (χ1v) is 24.3. The molecule has 2 aromatic heterocycles. The van der Waals surface area contributed by atoms with Crippen LogP contribution in [-0.4, -0.2) is 59.3 Å². The van der Waals surface area contributed by atoms with Crippen molar-refractivity contribution in [3.05, 3.63) is 107 Å². The summed E-state index contributed by atoms with van der Waals surface area (Å²) in [6.07, 6.45) is 18.0. The molecule has 10 nitrogen and oxygen atoms in total. The molecule has 0 saturated heterocycles. The number of aliphatic hydroxyl groups excluding tert-OH is 2. The average Bonchev–Trinajstić information content (AvgIpc) is 3.84. The Bertz CT molecular complexity index is 2170. The van der Waals surface area contributed by atoms with Gasteiger partial charge in [-0.2, -0.15) is 0 Å². The third kappa shape index (κ3) is 11.4. The zero-order valence-electron chi connectivity index (χ0n) is 38.0. The van der Waals surface area contributed by atoms with E-state index >= 15 is 0 Å². The van der Waals surface area contributed by atoms with Gasteiger partial charge in [-0.15, -0.1) is 5.75 Å². The fourth-order valence-electron chi connectivity index (χ4n) is 12.0. The van der Waals surface area contributed by atoms with E-state index in [9.17, 15) is 35.4 Å². The van der Waals surface area contributed by atoms with Crippen LogP contribution in [0.15, 0.2) is 79.0 Å². The van der Waals surface area contributed by atoms with Gasteiger partial charge in [0.05, 0.1) is 23.7 Å². The number of fused-ring (bicyclic) bond motifs is 1. The van der Waals surface area contributed by atoms with Crippen molar-refractivity contribution >= 4 is 11.8 Å². The molecule has 2 saturated carbocycles. The van der Waals surface area contributed by atoms with Crippen LogP contribution in [0.4, 0.5) is 5.82 Å². The number of aromatic nitrogens is 2. The molecule has 10 unspecified atom stereocenters. The Kier molecular flexibility index (Phi) is 15.9. The van der Waals surface area contributed by atoms with Crippen LogP contribution in [0, 0.1) is 35.5 Å². The number of benzene rings is 2. The topological polar surface area (TPSA) is 196 Å². The molecule has 2 heterocycles. The third-order valence-corrected chi connectivity index (χ3v) is 15.3. The number of pyridine rings is 1. The lowest BCUT2D eigenvalue weighted by molar-refractivity contribution is -0.269. The number of rotatable bonds is 17.